The lowest BCUT2D eigenvalue weighted by molar-refractivity contribution is -0.139. The fourth-order valence-electron chi connectivity index (χ4n) is 3.28. The van der Waals surface area contributed by atoms with Crippen LogP contribution in [-0.4, -0.2) is 44.6 Å². The zero-order valence-electron chi connectivity index (χ0n) is 16.3. The lowest BCUT2D eigenvalue weighted by Crippen LogP contribution is -2.67. The Bertz CT molecular complexity index is 540. The number of carbonyl (C=O) groups is 3. The van der Waals surface area contributed by atoms with E-state index in [9.17, 15) is 14.4 Å². The van der Waals surface area contributed by atoms with E-state index in [2.05, 4.69) is 31.1 Å². The van der Waals surface area contributed by atoms with Crippen molar-refractivity contribution in [1.82, 2.24) is 10.6 Å². The largest absolute Gasteiger partial charge is 0.462 e. The molecular formula is C18H30N2O6. The SMILES string of the molecule is C=C(C)C(=O)OCCC1CC(C)(C)CCC1(NC(=O)OC)NC(=O)OC. The molecule has 1 atom stereocenters. The molecule has 26 heavy (non-hydrogen) atoms. The highest BCUT2D eigenvalue weighted by atomic mass is 16.5. The average molecular weight is 370 g/mol. The van der Waals surface area contributed by atoms with Crippen molar-refractivity contribution in [1.29, 1.82) is 0 Å². The Labute approximate surface area is 154 Å². The molecule has 148 valence electrons. The van der Waals surface area contributed by atoms with Crippen LogP contribution in [0.15, 0.2) is 12.2 Å². The first-order valence-corrected chi connectivity index (χ1v) is 8.60. The third-order valence-corrected chi connectivity index (χ3v) is 4.76. The van der Waals surface area contributed by atoms with Crippen LogP contribution in [0.2, 0.25) is 0 Å². The second-order valence-electron chi connectivity index (χ2n) is 7.47. The van der Waals surface area contributed by atoms with Gasteiger partial charge in [-0.05, 0) is 38.0 Å². The fourth-order valence-corrected chi connectivity index (χ4v) is 3.28. The molecule has 0 bridgehead atoms. The van der Waals surface area contributed by atoms with Gasteiger partial charge in [-0.25, -0.2) is 14.4 Å². The van der Waals surface area contributed by atoms with Gasteiger partial charge in [0.15, 0.2) is 0 Å². The highest BCUT2D eigenvalue weighted by molar-refractivity contribution is 5.86. The standard InChI is InChI=1S/C18H30N2O6/c1-12(2)14(21)26-10-7-13-11-17(3,4)8-9-18(13,19-15(22)24-5)20-16(23)25-6/h13H,1,7-11H2,2-6H3,(H,19,22)(H,20,23). The molecule has 0 saturated heterocycles. The summed E-state index contributed by atoms with van der Waals surface area (Å²) in [6, 6.07) is 0. The molecule has 2 amide bonds. The van der Waals surface area contributed by atoms with Crippen molar-refractivity contribution in [3.63, 3.8) is 0 Å². The maximum absolute atomic E-state index is 11.9. The van der Waals surface area contributed by atoms with E-state index in [1.165, 1.54) is 14.2 Å². The number of hydrogen-bond acceptors (Lipinski definition) is 6. The minimum atomic E-state index is -1.04. The van der Waals surface area contributed by atoms with Crippen molar-refractivity contribution in [3.05, 3.63) is 12.2 Å². The minimum absolute atomic E-state index is 0.0160. The first kappa shape index (κ1) is 21.8. The van der Waals surface area contributed by atoms with Crippen LogP contribution < -0.4 is 10.6 Å². The van der Waals surface area contributed by atoms with Crippen LogP contribution in [0.5, 0.6) is 0 Å². The Morgan fingerprint density at radius 2 is 1.62 bits per heavy atom. The topological polar surface area (TPSA) is 103 Å². The molecule has 8 heteroatoms. The van der Waals surface area contributed by atoms with Gasteiger partial charge in [-0.1, -0.05) is 20.4 Å². The van der Waals surface area contributed by atoms with E-state index in [-0.39, 0.29) is 17.9 Å². The zero-order valence-corrected chi connectivity index (χ0v) is 16.3. The fraction of sp³-hybridized carbons (Fsp3) is 0.722. The Morgan fingerprint density at radius 3 is 2.08 bits per heavy atom. The molecule has 1 unspecified atom stereocenters. The van der Waals surface area contributed by atoms with Gasteiger partial charge in [0.2, 0.25) is 0 Å². The minimum Gasteiger partial charge on any atom is -0.462 e. The molecule has 0 heterocycles. The quantitative estimate of drug-likeness (QED) is 0.322. The van der Waals surface area contributed by atoms with Gasteiger partial charge >= 0.3 is 18.2 Å². The number of carbonyl (C=O) groups excluding carboxylic acids is 3. The van der Waals surface area contributed by atoms with Gasteiger partial charge < -0.3 is 14.2 Å². The van der Waals surface area contributed by atoms with Crippen LogP contribution in [-0.2, 0) is 19.0 Å². The highest BCUT2D eigenvalue weighted by Gasteiger charge is 2.48. The van der Waals surface area contributed by atoms with Crippen LogP contribution in [0.3, 0.4) is 0 Å². The maximum atomic E-state index is 11.9. The number of esters is 1. The Hall–Kier alpha value is -2.25. The molecule has 1 fully saturated rings. The second kappa shape index (κ2) is 8.91. The first-order valence-electron chi connectivity index (χ1n) is 8.60. The van der Waals surface area contributed by atoms with Crippen LogP contribution in [0.25, 0.3) is 0 Å². The molecule has 0 aromatic heterocycles. The predicted octanol–water partition coefficient (Wildman–Crippen LogP) is 2.73. The molecule has 1 aliphatic rings. The van der Waals surface area contributed by atoms with Gasteiger partial charge in [0.05, 0.1) is 20.8 Å². The molecule has 0 radical (unpaired) electrons. The summed E-state index contributed by atoms with van der Waals surface area (Å²) in [6.45, 7) is 9.53. The third kappa shape index (κ3) is 5.93. The van der Waals surface area contributed by atoms with Crippen molar-refractivity contribution < 1.29 is 28.6 Å². The molecule has 8 nitrogen and oxygen atoms in total. The summed E-state index contributed by atoms with van der Waals surface area (Å²) in [6.07, 6.45) is 1.16. The van der Waals surface area contributed by atoms with Crippen LogP contribution >= 0.6 is 0 Å². The zero-order chi connectivity index (χ0) is 20.0. The lowest BCUT2D eigenvalue weighted by atomic mass is 9.65. The molecule has 1 rings (SSSR count). The molecule has 0 aromatic carbocycles. The Kier molecular flexibility index (Phi) is 7.47. The van der Waals surface area contributed by atoms with Crippen molar-refractivity contribution >= 4 is 18.2 Å². The van der Waals surface area contributed by atoms with Crippen molar-refractivity contribution in [2.24, 2.45) is 11.3 Å². The molecule has 0 spiro atoms. The summed E-state index contributed by atoms with van der Waals surface area (Å²) < 4.78 is 14.7. The smallest absolute Gasteiger partial charge is 0.408 e. The Balaban J connectivity index is 3.02. The van der Waals surface area contributed by atoms with E-state index in [0.717, 1.165) is 6.42 Å². The summed E-state index contributed by atoms with van der Waals surface area (Å²) in [5, 5.41) is 5.53. The number of methoxy groups -OCH3 is 2. The number of nitrogens with one attached hydrogen (secondary N) is 2. The number of alkyl carbamates (subject to hydrolysis) is 2. The third-order valence-electron chi connectivity index (χ3n) is 4.76. The summed E-state index contributed by atoms with van der Waals surface area (Å²) in [4.78, 5) is 35.4. The van der Waals surface area contributed by atoms with Crippen molar-refractivity contribution in [3.8, 4) is 0 Å². The van der Waals surface area contributed by atoms with Gasteiger partial charge in [-0.3, -0.25) is 10.6 Å². The first-order chi connectivity index (χ1) is 12.0. The molecule has 2 N–H and O–H groups in total. The predicted molar refractivity (Wildman–Crippen MR) is 95.3 cm³/mol. The molecule has 0 aromatic rings. The van der Waals surface area contributed by atoms with E-state index in [1.54, 1.807) is 6.92 Å². The summed E-state index contributed by atoms with van der Waals surface area (Å²) >= 11 is 0. The van der Waals surface area contributed by atoms with Crippen molar-refractivity contribution in [2.45, 2.75) is 52.1 Å². The molecular weight excluding hydrogens is 340 g/mol. The van der Waals surface area contributed by atoms with Gasteiger partial charge in [-0.15, -0.1) is 0 Å². The summed E-state index contributed by atoms with van der Waals surface area (Å²) in [7, 11) is 2.52. The van der Waals surface area contributed by atoms with E-state index in [1.807, 2.05) is 0 Å². The summed E-state index contributed by atoms with van der Waals surface area (Å²) in [5.41, 5.74) is -0.700. The second-order valence-corrected chi connectivity index (χ2v) is 7.47. The van der Waals surface area contributed by atoms with Gasteiger partial charge in [0, 0.05) is 11.5 Å². The van der Waals surface area contributed by atoms with Gasteiger partial charge in [-0.2, -0.15) is 0 Å². The average Bonchev–Trinajstić information content (AvgIpc) is 2.57. The van der Waals surface area contributed by atoms with Crippen molar-refractivity contribution in [2.75, 3.05) is 20.8 Å². The number of rotatable bonds is 6. The number of amides is 2. The van der Waals surface area contributed by atoms with E-state index >= 15 is 0 Å². The van der Waals surface area contributed by atoms with Crippen LogP contribution in [0.1, 0.15) is 46.5 Å². The van der Waals surface area contributed by atoms with Crippen LogP contribution in [0.4, 0.5) is 9.59 Å². The molecule has 0 aliphatic heterocycles. The van der Waals surface area contributed by atoms with E-state index in [0.29, 0.717) is 24.8 Å². The highest BCUT2D eigenvalue weighted by Crippen LogP contribution is 2.44. The number of ether oxygens (including phenoxy) is 3. The van der Waals surface area contributed by atoms with Crippen LogP contribution in [0, 0.1) is 11.3 Å². The van der Waals surface area contributed by atoms with Gasteiger partial charge in [0.25, 0.3) is 0 Å². The normalized spacial score (nSPS) is 20.4. The Morgan fingerprint density at radius 1 is 1.08 bits per heavy atom. The molecule has 1 aliphatic carbocycles. The van der Waals surface area contributed by atoms with E-state index < -0.39 is 23.8 Å². The monoisotopic (exact) mass is 370 g/mol. The van der Waals surface area contributed by atoms with E-state index in [4.69, 9.17) is 14.2 Å². The molecule has 1 saturated carbocycles. The lowest BCUT2D eigenvalue weighted by Gasteiger charge is -2.49. The maximum Gasteiger partial charge on any atom is 0.408 e. The van der Waals surface area contributed by atoms with Gasteiger partial charge in [0.1, 0.15) is 5.66 Å². The summed E-state index contributed by atoms with van der Waals surface area (Å²) in [5.74, 6) is -0.644. The number of hydrogen-bond donors (Lipinski definition) is 2.